The molecule has 2 unspecified atom stereocenters. The average molecular weight is 278 g/mol. The fourth-order valence-electron chi connectivity index (χ4n) is 2.04. The average Bonchev–Trinajstić information content (AvgIpc) is 2.37. The van der Waals surface area contributed by atoms with E-state index in [2.05, 4.69) is 39.9 Å². The first-order valence-corrected chi connectivity index (χ1v) is 7.26. The lowest BCUT2D eigenvalue weighted by molar-refractivity contribution is -0.384. The monoisotopic (exact) mass is 278 g/mol. The first kappa shape index (κ1) is 16.6. The second kappa shape index (κ2) is 6.84. The summed E-state index contributed by atoms with van der Waals surface area (Å²) in [6.07, 6.45) is 2.01. The Bertz CT molecular complexity index is 452. The van der Waals surface area contributed by atoms with Crippen LogP contribution in [0.25, 0.3) is 0 Å². The molecule has 1 N–H and O–H groups in total. The first-order chi connectivity index (χ1) is 9.25. The van der Waals surface area contributed by atoms with Crippen LogP contribution in [-0.2, 0) is 0 Å². The van der Waals surface area contributed by atoms with Gasteiger partial charge in [-0.05, 0) is 24.3 Å². The van der Waals surface area contributed by atoms with Crippen LogP contribution in [0, 0.1) is 15.5 Å². The van der Waals surface area contributed by atoms with Crippen molar-refractivity contribution < 1.29 is 4.92 Å². The molecule has 1 aromatic carbocycles. The Morgan fingerprint density at radius 2 is 2.00 bits per heavy atom. The van der Waals surface area contributed by atoms with Crippen LogP contribution in [0.5, 0.6) is 0 Å². The fraction of sp³-hybridized carbons (Fsp3) is 0.625. The van der Waals surface area contributed by atoms with Crippen LogP contribution < -0.4 is 5.32 Å². The molecular weight excluding hydrogens is 252 g/mol. The third-order valence-corrected chi connectivity index (χ3v) is 3.81. The molecule has 0 bridgehead atoms. The van der Waals surface area contributed by atoms with Gasteiger partial charge in [0.2, 0.25) is 0 Å². The van der Waals surface area contributed by atoms with Crippen molar-refractivity contribution in [3.05, 3.63) is 39.9 Å². The highest BCUT2D eigenvalue weighted by atomic mass is 16.6. The number of rotatable bonds is 6. The number of nitro benzene ring substituents is 1. The van der Waals surface area contributed by atoms with E-state index >= 15 is 0 Å². The SMILES string of the molecule is CCCC(NC(C)C(C)(C)C)c1cccc([N+](=O)[O-])c1. The molecule has 0 spiro atoms. The maximum absolute atomic E-state index is 10.9. The highest BCUT2D eigenvalue weighted by Crippen LogP contribution is 2.27. The van der Waals surface area contributed by atoms with Gasteiger partial charge in [0.25, 0.3) is 5.69 Å². The van der Waals surface area contributed by atoms with Crippen LogP contribution in [0.2, 0.25) is 0 Å². The Morgan fingerprint density at radius 3 is 2.50 bits per heavy atom. The standard InChI is InChI=1S/C16H26N2O2/c1-6-8-15(17-12(2)16(3,4)5)13-9-7-10-14(11-13)18(19)20/h7,9-12,15,17H,6,8H2,1-5H3. The van der Waals surface area contributed by atoms with Crippen LogP contribution in [0.15, 0.2) is 24.3 Å². The van der Waals surface area contributed by atoms with E-state index in [1.165, 1.54) is 0 Å². The van der Waals surface area contributed by atoms with E-state index in [4.69, 9.17) is 0 Å². The van der Waals surface area contributed by atoms with Gasteiger partial charge in [-0.25, -0.2) is 0 Å². The molecule has 0 radical (unpaired) electrons. The van der Waals surface area contributed by atoms with Gasteiger partial charge in [0.05, 0.1) is 4.92 Å². The zero-order chi connectivity index (χ0) is 15.3. The van der Waals surface area contributed by atoms with E-state index < -0.39 is 0 Å². The Kier molecular flexibility index (Phi) is 5.69. The molecule has 112 valence electrons. The van der Waals surface area contributed by atoms with Crippen molar-refractivity contribution in [2.75, 3.05) is 0 Å². The predicted octanol–water partition coefficient (Wildman–Crippen LogP) is 4.46. The summed E-state index contributed by atoms with van der Waals surface area (Å²) in [6.45, 7) is 10.9. The number of nitro groups is 1. The molecule has 1 rings (SSSR count). The van der Waals surface area contributed by atoms with Gasteiger partial charge in [0, 0.05) is 24.2 Å². The van der Waals surface area contributed by atoms with Gasteiger partial charge in [-0.3, -0.25) is 10.1 Å². The van der Waals surface area contributed by atoms with Crippen molar-refractivity contribution in [3.63, 3.8) is 0 Å². The molecule has 0 saturated carbocycles. The summed E-state index contributed by atoms with van der Waals surface area (Å²) in [7, 11) is 0. The molecule has 0 heterocycles. The van der Waals surface area contributed by atoms with Crippen LogP contribution in [-0.4, -0.2) is 11.0 Å². The van der Waals surface area contributed by atoms with E-state index in [0.717, 1.165) is 18.4 Å². The number of benzene rings is 1. The summed E-state index contributed by atoms with van der Waals surface area (Å²) in [4.78, 5) is 10.6. The first-order valence-electron chi connectivity index (χ1n) is 7.26. The summed E-state index contributed by atoms with van der Waals surface area (Å²) in [6, 6.07) is 7.45. The molecule has 0 aromatic heterocycles. The van der Waals surface area contributed by atoms with Crippen molar-refractivity contribution in [1.82, 2.24) is 5.32 Å². The molecule has 0 saturated heterocycles. The summed E-state index contributed by atoms with van der Waals surface area (Å²) >= 11 is 0. The van der Waals surface area contributed by atoms with Crippen molar-refractivity contribution in [2.24, 2.45) is 5.41 Å². The Balaban J connectivity index is 2.96. The van der Waals surface area contributed by atoms with Gasteiger partial charge < -0.3 is 5.32 Å². The van der Waals surface area contributed by atoms with Crippen LogP contribution in [0.3, 0.4) is 0 Å². The number of nitrogens with zero attached hydrogens (tertiary/aromatic N) is 1. The Hall–Kier alpha value is -1.42. The Labute approximate surface area is 121 Å². The lowest BCUT2D eigenvalue weighted by Crippen LogP contribution is -2.40. The highest BCUT2D eigenvalue weighted by Gasteiger charge is 2.23. The topological polar surface area (TPSA) is 55.2 Å². The molecule has 0 aliphatic heterocycles. The quantitative estimate of drug-likeness (QED) is 0.617. The summed E-state index contributed by atoms with van der Waals surface area (Å²) in [5.74, 6) is 0. The van der Waals surface area contributed by atoms with Gasteiger partial charge in [-0.2, -0.15) is 0 Å². The molecule has 20 heavy (non-hydrogen) atoms. The van der Waals surface area contributed by atoms with Crippen LogP contribution >= 0.6 is 0 Å². The summed E-state index contributed by atoms with van der Waals surface area (Å²) in [5, 5.41) is 14.5. The van der Waals surface area contributed by atoms with Gasteiger partial charge >= 0.3 is 0 Å². The van der Waals surface area contributed by atoms with E-state index in [-0.39, 0.29) is 22.1 Å². The van der Waals surface area contributed by atoms with E-state index in [1.54, 1.807) is 18.2 Å². The second-order valence-electron chi connectivity index (χ2n) is 6.45. The van der Waals surface area contributed by atoms with Gasteiger partial charge in [-0.15, -0.1) is 0 Å². The number of hydrogen-bond acceptors (Lipinski definition) is 3. The van der Waals surface area contributed by atoms with E-state index in [0.29, 0.717) is 6.04 Å². The minimum atomic E-state index is -0.334. The zero-order valence-electron chi connectivity index (χ0n) is 13.1. The van der Waals surface area contributed by atoms with E-state index in [9.17, 15) is 10.1 Å². The molecule has 4 heteroatoms. The predicted molar refractivity (Wildman–Crippen MR) is 82.8 cm³/mol. The smallest absolute Gasteiger partial charge is 0.269 e. The van der Waals surface area contributed by atoms with Gasteiger partial charge in [0.1, 0.15) is 0 Å². The second-order valence-corrected chi connectivity index (χ2v) is 6.45. The number of nitrogens with one attached hydrogen (secondary N) is 1. The lowest BCUT2D eigenvalue weighted by atomic mass is 9.86. The number of hydrogen-bond donors (Lipinski definition) is 1. The van der Waals surface area contributed by atoms with Crippen molar-refractivity contribution in [1.29, 1.82) is 0 Å². The van der Waals surface area contributed by atoms with Crippen molar-refractivity contribution in [2.45, 2.75) is 59.5 Å². The number of non-ortho nitro benzene ring substituents is 1. The van der Waals surface area contributed by atoms with Crippen LogP contribution in [0.1, 0.15) is 59.1 Å². The molecule has 1 aromatic rings. The summed E-state index contributed by atoms with van der Waals surface area (Å²) < 4.78 is 0. The highest BCUT2D eigenvalue weighted by molar-refractivity contribution is 5.35. The minimum Gasteiger partial charge on any atom is -0.307 e. The molecule has 0 amide bonds. The maximum Gasteiger partial charge on any atom is 0.269 e. The summed E-state index contributed by atoms with van der Waals surface area (Å²) in [5.41, 5.74) is 1.32. The van der Waals surface area contributed by atoms with Gasteiger partial charge in [-0.1, -0.05) is 46.2 Å². The largest absolute Gasteiger partial charge is 0.307 e. The normalized spacial score (nSPS) is 14.8. The molecule has 0 fully saturated rings. The molecular formula is C16H26N2O2. The Morgan fingerprint density at radius 1 is 1.35 bits per heavy atom. The lowest BCUT2D eigenvalue weighted by Gasteiger charge is -2.32. The van der Waals surface area contributed by atoms with Crippen LogP contribution in [0.4, 0.5) is 5.69 Å². The third kappa shape index (κ3) is 4.60. The van der Waals surface area contributed by atoms with Gasteiger partial charge in [0.15, 0.2) is 0 Å². The maximum atomic E-state index is 10.9. The minimum absolute atomic E-state index is 0.159. The van der Waals surface area contributed by atoms with E-state index in [1.807, 2.05) is 6.07 Å². The third-order valence-electron chi connectivity index (χ3n) is 3.81. The molecule has 4 nitrogen and oxygen atoms in total. The fourth-order valence-corrected chi connectivity index (χ4v) is 2.04. The van der Waals surface area contributed by atoms with Crippen molar-refractivity contribution in [3.8, 4) is 0 Å². The molecule has 0 aliphatic carbocycles. The zero-order valence-corrected chi connectivity index (χ0v) is 13.1. The van der Waals surface area contributed by atoms with Crippen molar-refractivity contribution >= 4 is 5.69 Å². The molecule has 0 aliphatic rings. The molecule has 2 atom stereocenters.